The molecule has 80 heavy (non-hydrogen) atoms. The van der Waals surface area contributed by atoms with Crippen LogP contribution in [0.4, 0.5) is 0 Å². The summed E-state index contributed by atoms with van der Waals surface area (Å²) in [6.45, 7) is 0.841. The molecular weight excluding hydrogens is 1040 g/mol. The van der Waals surface area contributed by atoms with Crippen molar-refractivity contribution in [2.45, 2.75) is 176 Å². The number of rotatable bonds is 4. The number of fused-ring (bicyclic) bond motifs is 11. The number of aliphatic hydroxyl groups excluding tert-OH is 3. The van der Waals surface area contributed by atoms with Gasteiger partial charge in [-0.3, -0.25) is 10.1 Å². The first-order valence-corrected chi connectivity index (χ1v) is 33.2. The van der Waals surface area contributed by atoms with E-state index in [1.807, 2.05) is 10.8 Å². The third-order valence-electron chi connectivity index (χ3n) is 23.8. The maximum atomic E-state index is 14.7. The lowest BCUT2D eigenvalue weighted by atomic mass is 9.43. The van der Waals surface area contributed by atoms with Gasteiger partial charge in [0.05, 0.1) is 41.1 Å². The zero-order chi connectivity index (χ0) is 53.9. The number of aromatic nitrogens is 2. The van der Waals surface area contributed by atoms with Gasteiger partial charge in [-0.25, -0.2) is 0 Å². The number of hydrogen-bond donors (Lipinski definition) is 7. The van der Waals surface area contributed by atoms with Crippen molar-refractivity contribution in [1.29, 1.82) is 0 Å². The molecule has 2 aromatic heterocycles. The van der Waals surface area contributed by atoms with E-state index in [1.54, 1.807) is 22.9 Å². The van der Waals surface area contributed by atoms with E-state index in [0.717, 1.165) is 73.5 Å². The van der Waals surface area contributed by atoms with Gasteiger partial charge in [0.2, 0.25) is 0 Å². The average Bonchev–Trinajstić information content (AvgIpc) is 2.63. The number of phenolic OH excluding ortho intramolecular Hbond substituents is 1. The lowest BCUT2D eigenvalue weighted by Crippen LogP contribution is -2.56. The number of aromatic amines is 1. The number of benzene rings is 2. The number of carbonyl (C=O) groups excluding carboxylic acids is 1. The van der Waals surface area contributed by atoms with Crippen molar-refractivity contribution in [1.82, 2.24) is 14.9 Å². The number of ketones is 1. The van der Waals surface area contributed by atoms with E-state index >= 15 is 0 Å². The van der Waals surface area contributed by atoms with Crippen LogP contribution in [-0.4, -0.2) is 65.5 Å². The summed E-state index contributed by atoms with van der Waals surface area (Å²) in [6, 6.07) is 7.68. The lowest BCUT2D eigenvalue weighted by molar-refractivity contribution is -0.127. The summed E-state index contributed by atoms with van der Waals surface area (Å²) in [5.41, 5.74) is 15.5. The van der Waals surface area contributed by atoms with Crippen molar-refractivity contribution in [3.63, 3.8) is 0 Å². The Bertz CT molecular complexity index is 3390. The van der Waals surface area contributed by atoms with Crippen molar-refractivity contribution < 1.29 is 34.7 Å². The maximum absolute atomic E-state index is 14.7. The summed E-state index contributed by atoms with van der Waals surface area (Å²) in [6.07, 6.45) is 33.2. The van der Waals surface area contributed by atoms with Crippen LogP contribution in [0, 0.1) is 81.0 Å². The number of carbonyl (C=O) groups is 1. The highest BCUT2D eigenvalue weighted by atomic mass is 33.1. The van der Waals surface area contributed by atoms with Gasteiger partial charge in [0.1, 0.15) is 23.7 Å². The zero-order valence-corrected chi connectivity index (χ0v) is 47.4. The second kappa shape index (κ2) is 19.0. The molecule has 15 atom stereocenters. The number of nitrogens with two attached hydrogens (primary N) is 1. The number of Topliss-reactive ketones (excluding diaryl/α,β-unsaturated/α-hetero) is 1. The smallest absolute Gasteiger partial charge is 0.191 e. The fraction of sp³-hybridized carbons (Fsp3) is 0.597. The Morgan fingerprint density at radius 3 is 2.50 bits per heavy atom. The second-order valence-electron chi connectivity index (χ2n) is 27.1. The van der Waals surface area contributed by atoms with Crippen LogP contribution in [-0.2, 0) is 11.2 Å². The Morgan fingerprint density at radius 2 is 1.66 bits per heavy atom. The molecule has 11 nitrogen and oxygen atoms in total. The molecule has 4 aromatic rings. The number of nitrogens with one attached hydrogen (secondary N) is 2. The Balaban J connectivity index is 0.760. The number of aliphatic hydroxyl groups is 3. The summed E-state index contributed by atoms with van der Waals surface area (Å²) in [7, 11) is 3.53. The van der Waals surface area contributed by atoms with Crippen LogP contribution in [0.5, 0.6) is 17.2 Å². The van der Waals surface area contributed by atoms with Crippen LogP contribution >= 0.6 is 21.6 Å². The molecule has 5 saturated carbocycles. The number of H-pyrrole nitrogens is 1. The molecule has 16 rings (SSSR count). The summed E-state index contributed by atoms with van der Waals surface area (Å²) >= 11 is 0. The van der Waals surface area contributed by atoms with E-state index in [4.69, 9.17) is 15.2 Å². The largest absolute Gasteiger partial charge is 0.508 e. The van der Waals surface area contributed by atoms with Gasteiger partial charge in [0.15, 0.2) is 17.7 Å². The third-order valence-corrected chi connectivity index (χ3v) is 26.7. The standard InChI is InChI=1S/C67H76N4O7S2/c68-62-39-12-11-38-51(72)15-13-48-63(71-34-45-44(32-69-50(45)35-71)60-59(38)58(39)49(33-70-62)66(20-5-6-21-66)67(60)22-7-8-23-67)78-56-27-37(53(74)30-55(56)77-26-25-64(48)17-3-4-18-64)10-14-52(73)46-36-79-80-57-16-24-65-19-2-1-9-47(65)41-29-54(75)42(61(46)76)28-40(41)43(57)31-65/h11-12,16,24,27-28,30,32,34-35,41-43,46-49,51,54,57,60-63,69-70,72,74-76H,1-10,14,17-23,29,31,33,36,68H2. The van der Waals surface area contributed by atoms with E-state index < -0.39 is 47.7 Å². The SMILES string of the molecule is NC1NCC2c3c1ccc1c3C(c3c[nH]c4cn(cc34)C3Oc4cc(CCC(=O)C5CSSC6C=CC78CCCCC7C7CC(O)C(C=C7C6C8)C5O)c(O)cc4OC#CC4(CCCC4)C3C#CC1O)C1(CCCC1)C21CCCC1. The van der Waals surface area contributed by atoms with Crippen LogP contribution < -0.4 is 20.5 Å². The number of phenols is 1. The summed E-state index contributed by atoms with van der Waals surface area (Å²) in [4.78, 5) is 18.5. The second-order valence-corrected chi connectivity index (χ2v) is 29.7. The first kappa shape index (κ1) is 51.1. The van der Waals surface area contributed by atoms with Crippen molar-refractivity contribution >= 4 is 38.3 Å². The zero-order valence-electron chi connectivity index (χ0n) is 45.8. The quantitative estimate of drug-likeness (QED) is 0.0588. The first-order chi connectivity index (χ1) is 39.0. The minimum atomic E-state index is -1.08. The molecule has 8 aliphatic carbocycles. The van der Waals surface area contributed by atoms with E-state index in [2.05, 4.69) is 87.7 Å². The molecule has 4 aliphatic heterocycles. The molecule has 12 aliphatic rings. The molecule has 0 saturated heterocycles. The Kier molecular flexibility index (Phi) is 12.1. The third kappa shape index (κ3) is 7.38. The summed E-state index contributed by atoms with van der Waals surface area (Å²) < 4.78 is 15.9. The molecule has 5 fully saturated rings. The van der Waals surface area contributed by atoms with Gasteiger partial charge >= 0.3 is 0 Å². The van der Waals surface area contributed by atoms with Gasteiger partial charge in [-0.15, -0.1) is 0 Å². The molecule has 6 heterocycles. The van der Waals surface area contributed by atoms with Crippen molar-refractivity contribution in [3.8, 4) is 41.1 Å². The fourth-order valence-electron chi connectivity index (χ4n) is 20.3. The van der Waals surface area contributed by atoms with Crippen LogP contribution in [0.25, 0.3) is 10.9 Å². The Morgan fingerprint density at radius 1 is 0.875 bits per heavy atom. The maximum Gasteiger partial charge on any atom is 0.191 e. The monoisotopic (exact) mass is 1110 g/mol. The number of aromatic hydroxyl groups is 1. The fourth-order valence-corrected chi connectivity index (χ4v) is 23.3. The lowest BCUT2D eigenvalue weighted by Gasteiger charge is -2.62. The molecule has 0 amide bonds. The minimum absolute atomic E-state index is 0.0142. The van der Waals surface area contributed by atoms with Crippen LogP contribution in [0.3, 0.4) is 0 Å². The van der Waals surface area contributed by atoms with Gasteiger partial charge in [-0.1, -0.05) is 127 Å². The van der Waals surface area contributed by atoms with Crippen molar-refractivity contribution in [3.05, 3.63) is 100 Å². The molecule has 418 valence electrons. The normalized spacial score (nSPS) is 37.9. The summed E-state index contributed by atoms with van der Waals surface area (Å²) in [5.74, 6) is 11.7. The number of allylic oxidation sites excluding steroid dienone is 2. The summed E-state index contributed by atoms with van der Waals surface area (Å²) in [5, 5.41) is 54.2. The molecule has 8 N–H and O–H groups in total. The number of hydrogen-bond acceptors (Lipinski definition) is 11. The van der Waals surface area contributed by atoms with Crippen molar-refractivity contribution in [2.75, 3.05) is 12.3 Å². The Hall–Kier alpha value is -4.57. The highest BCUT2D eigenvalue weighted by molar-refractivity contribution is 8.77. The van der Waals surface area contributed by atoms with E-state index in [9.17, 15) is 25.2 Å². The number of aryl methyl sites for hydroxylation is 1. The van der Waals surface area contributed by atoms with E-state index in [0.29, 0.717) is 52.4 Å². The van der Waals surface area contributed by atoms with Gasteiger partial charge in [-0.2, -0.15) is 0 Å². The molecule has 15 unspecified atom stereocenters. The molecule has 6 bridgehead atoms. The topological polar surface area (TPSA) is 175 Å². The number of nitrogens with zero attached hydrogens (tertiary/aromatic N) is 1. The highest BCUT2D eigenvalue weighted by Gasteiger charge is 2.66. The molecule has 13 heteroatoms. The van der Waals surface area contributed by atoms with Gasteiger partial charge in [-0.05, 0) is 144 Å². The highest BCUT2D eigenvalue weighted by Crippen LogP contribution is 2.75. The van der Waals surface area contributed by atoms with Crippen LogP contribution in [0.2, 0.25) is 0 Å². The average molecular weight is 1110 g/mol. The molecule has 2 aromatic carbocycles. The Labute approximate surface area is 477 Å². The van der Waals surface area contributed by atoms with Crippen LogP contribution in [0.1, 0.15) is 186 Å². The van der Waals surface area contributed by atoms with Crippen LogP contribution in [0.15, 0.2) is 66.7 Å². The molecular formula is C67H76N4O7S2. The number of ether oxygens (including phenoxy) is 2. The minimum Gasteiger partial charge on any atom is -0.508 e. The van der Waals surface area contributed by atoms with E-state index in [1.165, 1.54) is 86.5 Å². The van der Waals surface area contributed by atoms with Crippen molar-refractivity contribution in [2.24, 2.45) is 62.9 Å². The first-order valence-electron chi connectivity index (χ1n) is 30.8. The van der Waals surface area contributed by atoms with Gasteiger partial charge < -0.3 is 45.2 Å². The predicted molar refractivity (Wildman–Crippen MR) is 311 cm³/mol. The van der Waals surface area contributed by atoms with Gasteiger partial charge in [0.25, 0.3) is 0 Å². The predicted octanol–water partition coefficient (Wildman–Crippen LogP) is 11.7. The molecule has 0 radical (unpaired) electrons. The van der Waals surface area contributed by atoms with Gasteiger partial charge in [0, 0.05) is 71.8 Å². The van der Waals surface area contributed by atoms with E-state index in [-0.39, 0.29) is 58.5 Å². The molecule has 4 spiro atoms.